The summed E-state index contributed by atoms with van der Waals surface area (Å²) in [7, 11) is 0. The molecule has 0 saturated heterocycles. The minimum atomic E-state index is -6.45. The van der Waals surface area contributed by atoms with Gasteiger partial charge in [0.1, 0.15) is 0 Å². The van der Waals surface area contributed by atoms with Crippen molar-refractivity contribution in [1.82, 2.24) is 0 Å². The Morgan fingerprint density at radius 1 is 0.933 bits per heavy atom. The molecule has 1 aromatic rings. The van der Waals surface area contributed by atoms with E-state index < -0.39 is 48.5 Å². The molecule has 0 N–H and O–H groups in total. The van der Waals surface area contributed by atoms with Gasteiger partial charge < -0.3 is 14.6 Å². The molecule has 0 bridgehead atoms. The largest absolute Gasteiger partial charge is 0.828 e. The average Bonchev–Trinajstić information content (AvgIpc) is 2.58. The van der Waals surface area contributed by atoms with E-state index in [4.69, 9.17) is 4.74 Å². The Balaban J connectivity index is 2.85. The molecule has 30 heavy (non-hydrogen) atoms. The maximum Gasteiger partial charge on any atom is 0.399 e. The minimum absolute atomic E-state index is 0.215. The zero-order valence-electron chi connectivity index (χ0n) is 15.0. The second kappa shape index (κ2) is 9.80. The molecule has 0 saturated carbocycles. The number of alkyl halides is 6. The number of rotatable bonds is 6. The van der Waals surface area contributed by atoms with Gasteiger partial charge >= 0.3 is 24.3 Å². The SMILES string of the molecule is CC(C)(COC(=O)c1cc(I)cc(I)c1I)COC(=O)C([O-])(C(F)(F)F)C(F)(F)F. The van der Waals surface area contributed by atoms with Crippen LogP contribution in [0.25, 0.3) is 0 Å². The van der Waals surface area contributed by atoms with Crippen molar-refractivity contribution in [3.63, 3.8) is 0 Å². The number of esters is 2. The highest BCUT2D eigenvalue weighted by Gasteiger charge is 2.68. The summed E-state index contributed by atoms with van der Waals surface area (Å²) >= 11 is 5.90. The molecule has 14 heteroatoms. The quantitative estimate of drug-likeness (QED) is 0.185. The van der Waals surface area contributed by atoms with Gasteiger partial charge in [0.25, 0.3) is 0 Å². The van der Waals surface area contributed by atoms with Crippen LogP contribution in [-0.2, 0) is 14.3 Å². The molecule has 0 fully saturated rings. The second-order valence-corrected chi connectivity index (χ2v) is 10.2. The van der Waals surface area contributed by atoms with Crippen LogP contribution in [0.3, 0.4) is 0 Å². The van der Waals surface area contributed by atoms with Crippen LogP contribution in [-0.4, -0.2) is 43.1 Å². The summed E-state index contributed by atoms with van der Waals surface area (Å²) < 4.78 is 86.9. The lowest BCUT2D eigenvalue weighted by Gasteiger charge is -2.40. The summed E-state index contributed by atoms with van der Waals surface area (Å²) in [5, 5.41) is 11.3. The fourth-order valence-electron chi connectivity index (χ4n) is 1.84. The zero-order chi connectivity index (χ0) is 23.7. The molecule has 1 rings (SSSR count). The van der Waals surface area contributed by atoms with E-state index in [2.05, 4.69) is 4.74 Å². The van der Waals surface area contributed by atoms with Gasteiger partial charge in [-0.1, -0.05) is 13.8 Å². The predicted octanol–water partition coefficient (Wildman–Crippen LogP) is 4.45. The lowest BCUT2D eigenvalue weighted by atomic mass is 9.96. The number of halogens is 9. The van der Waals surface area contributed by atoms with E-state index in [1.54, 1.807) is 6.07 Å². The standard InChI is InChI=1S/C16H12F6I3O5/c1-13(2,5-29-11(26)8-3-7(23)4-9(24)10(8)25)6-30-12(27)14(28,15(17,18)19)16(20,21)22/h3-4H,5-6H2,1-2H3/q-1. The van der Waals surface area contributed by atoms with Crippen LogP contribution in [0.4, 0.5) is 26.3 Å². The highest BCUT2D eigenvalue weighted by molar-refractivity contribution is 14.1. The van der Waals surface area contributed by atoms with Crippen LogP contribution in [0.1, 0.15) is 24.2 Å². The van der Waals surface area contributed by atoms with Gasteiger partial charge in [0, 0.05) is 16.1 Å². The molecule has 0 atom stereocenters. The highest BCUT2D eigenvalue weighted by Crippen LogP contribution is 2.42. The molecule has 0 unspecified atom stereocenters. The number of hydrogen-bond acceptors (Lipinski definition) is 5. The van der Waals surface area contributed by atoms with Gasteiger partial charge in [-0.3, -0.25) is 4.79 Å². The third kappa shape index (κ3) is 6.46. The molecule has 1 aromatic carbocycles. The summed E-state index contributed by atoms with van der Waals surface area (Å²) in [6.45, 7) is 1.02. The van der Waals surface area contributed by atoms with Crippen LogP contribution in [0.15, 0.2) is 12.1 Å². The van der Waals surface area contributed by atoms with Crippen molar-refractivity contribution in [2.75, 3.05) is 13.2 Å². The molecule has 0 radical (unpaired) electrons. The third-order valence-electron chi connectivity index (χ3n) is 3.49. The van der Waals surface area contributed by atoms with E-state index in [-0.39, 0.29) is 5.56 Å². The number of carbonyl (C=O) groups excluding carboxylic acids is 2. The molecular weight excluding hydrogens is 767 g/mol. The number of carbonyl (C=O) groups is 2. The molecule has 0 amide bonds. The number of ether oxygens (including phenoxy) is 2. The maximum atomic E-state index is 12.6. The Kier molecular flexibility index (Phi) is 9.12. The minimum Gasteiger partial charge on any atom is -0.828 e. The van der Waals surface area contributed by atoms with Gasteiger partial charge in [0.15, 0.2) is 5.60 Å². The van der Waals surface area contributed by atoms with Crippen LogP contribution >= 0.6 is 67.8 Å². The van der Waals surface area contributed by atoms with E-state index in [0.717, 1.165) is 7.14 Å². The predicted molar refractivity (Wildman–Crippen MR) is 114 cm³/mol. The zero-order valence-corrected chi connectivity index (χ0v) is 21.5. The fourth-order valence-corrected chi connectivity index (χ4v) is 4.22. The van der Waals surface area contributed by atoms with Crippen molar-refractivity contribution < 1.29 is 50.5 Å². The lowest BCUT2D eigenvalue weighted by Crippen LogP contribution is -2.71. The fraction of sp³-hybridized carbons (Fsp3) is 0.500. The molecule has 0 heterocycles. The van der Waals surface area contributed by atoms with Crippen molar-refractivity contribution in [3.05, 3.63) is 28.4 Å². The van der Waals surface area contributed by atoms with Gasteiger partial charge in [0.2, 0.25) is 0 Å². The molecule has 0 aliphatic rings. The van der Waals surface area contributed by atoms with Gasteiger partial charge in [-0.25, -0.2) is 4.79 Å². The number of benzene rings is 1. The van der Waals surface area contributed by atoms with Gasteiger partial charge in [0.05, 0.1) is 18.8 Å². The van der Waals surface area contributed by atoms with E-state index >= 15 is 0 Å². The van der Waals surface area contributed by atoms with Crippen molar-refractivity contribution in [3.8, 4) is 0 Å². The lowest BCUT2D eigenvalue weighted by molar-refractivity contribution is -0.574. The summed E-state index contributed by atoms with van der Waals surface area (Å²) in [4.78, 5) is 23.7. The first kappa shape index (κ1) is 27.9. The molecule has 0 aliphatic carbocycles. The molecule has 170 valence electrons. The monoisotopic (exact) mass is 779 g/mol. The summed E-state index contributed by atoms with van der Waals surface area (Å²) in [6.07, 6.45) is -12.9. The van der Waals surface area contributed by atoms with Crippen LogP contribution < -0.4 is 5.11 Å². The highest BCUT2D eigenvalue weighted by atomic mass is 127. The van der Waals surface area contributed by atoms with Crippen molar-refractivity contribution in [2.45, 2.75) is 31.8 Å². The van der Waals surface area contributed by atoms with E-state index in [1.807, 2.05) is 67.8 Å². The summed E-state index contributed by atoms with van der Waals surface area (Å²) in [5.74, 6) is -3.80. The Labute approximate surface area is 207 Å². The van der Waals surface area contributed by atoms with Crippen molar-refractivity contribution >= 4 is 79.7 Å². The van der Waals surface area contributed by atoms with E-state index in [9.17, 15) is 41.0 Å². The number of hydrogen-bond donors (Lipinski definition) is 0. The average molecular weight is 779 g/mol. The molecule has 0 aliphatic heterocycles. The van der Waals surface area contributed by atoms with Gasteiger partial charge in [-0.2, -0.15) is 26.3 Å². The van der Waals surface area contributed by atoms with Crippen LogP contribution in [0.5, 0.6) is 0 Å². The topological polar surface area (TPSA) is 75.7 Å². The molecular formula is C16H12F6I3O5-. The van der Waals surface area contributed by atoms with Crippen molar-refractivity contribution in [1.29, 1.82) is 0 Å². The maximum absolute atomic E-state index is 12.6. The molecule has 0 spiro atoms. The Hall–Kier alpha value is -0.110. The Bertz CT molecular complexity index is 809. The Morgan fingerprint density at radius 2 is 1.40 bits per heavy atom. The van der Waals surface area contributed by atoms with E-state index in [0.29, 0.717) is 3.57 Å². The van der Waals surface area contributed by atoms with Gasteiger partial charge in [-0.15, -0.1) is 0 Å². The summed E-state index contributed by atoms with van der Waals surface area (Å²) in [5.41, 5.74) is -7.07. The normalized spacial score (nSPS) is 13.2. The summed E-state index contributed by atoms with van der Waals surface area (Å²) in [6, 6.07) is 3.35. The Morgan fingerprint density at radius 3 is 1.87 bits per heavy atom. The second-order valence-electron chi connectivity index (χ2n) is 6.74. The van der Waals surface area contributed by atoms with Crippen LogP contribution in [0, 0.1) is 16.1 Å². The van der Waals surface area contributed by atoms with Crippen molar-refractivity contribution in [2.24, 2.45) is 5.41 Å². The van der Waals surface area contributed by atoms with Gasteiger partial charge in [-0.05, 0) is 79.9 Å². The first-order valence-corrected chi connectivity index (χ1v) is 10.9. The smallest absolute Gasteiger partial charge is 0.399 e. The van der Waals surface area contributed by atoms with E-state index in [1.165, 1.54) is 19.9 Å². The third-order valence-corrected chi connectivity index (χ3v) is 7.15. The molecule has 0 aromatic heterocycles. The first-order chi connectivity index (χ1) is 13.3. The first-order valence-electron chi connectivity index (χ1n) is 7.66. The molecule has 5 nitrogen and oxygen atoms in total. The van der Waals surface area contributed by atoms with Crippen LogP contribution in [0.2, 0.25) is 0 Å².